The first-order valence-electron chi connectivity index (χ1n) is 8.15. The molecule has 1 N–H and O–H groups in total. The highest BCUT2D eigenvalue weighted by Gasteiger charge is 2.32. The van der Waals surface area contributed by atoms with Gasteiger partial charge in [0.25, 0.3) is 0 Å². The SMILES string of the molecule is CCNC(C)(CCCN(C)CC1CCCN1C)C(=O)OC. The molecular weight excluding hydrogens is 266 g/mol. The molecule has 1 fully saturated rings. The number of ether oxygens (including phenoxy) is 1. The van der Waals surface area contributed by atoms with Crippen LogP contribution >= 0.6 is 0 Å². The summed E-state index contributed by atoms with van der Waals surface area (Å²) in [5.41, 5.74) is -0.561. The van der Waals surface area contributed by atoms with Gasteiger partial charge in [0.15, 0.2) is 0 Å². The van der Waals surface area contributed by atoms with Crippen LogP contribution in [0.4, 0.5) is 0 Å². The van der Waals surface area contributed by atoms with Gasteiger partial charge in [-0.15, -0.1) is 0 Å². The van der Waals surface area contributed by atoms with Crippen LogP contribution in [-0.2, 0) is 9.53 Å². The minimum Gasteiger partial charge on any atom is -0.468 e. The molecule has 0 aromatic carbocycles. The predicted octanol–water partition coefficient (Wildman–Crippen LogP) is 1.33. The first-order valence-corrected chi connectivity index (χ1v) is 8.15. The number of likely N-dealkylation sites (tertiary alicyclic amines) is 1. The van der Waals surface area contributed by atoms with Crippen molar-refractivity contribution in [2.24, 2.45) is 0 Å². The van der Waals surface area contributed by atoms with Gasteiger partial charge in [0, 0.05) is 12.6 Å². The standard InChI is InChI=1S/C16H33N3O2/c1-6-17-16(2,15(20)21-5)10-8-11-18(3)13-14-9-7-12-19(14)4/h14,17H,6-13H2,1-5H3. The smallest absolute Gasteiger partial charge is 0.325 e. The number of carbonyl (C=O) groups excluding carboxylic acids is 1. The second kappa shape index (κ2) is 8.71. The summed E-state index contributed by atoms with van der Waals surface area (Å²) >= 11 is 0. The maximum Gasteiger partial charge on any atom is 0.325 e. The van der Waals surface area contributed by atoms with Crippen molar-refractivity contribution in [3.05, 3.63) is 0 Å². The zero-order valence-electron chi connectivity index (χ0n) is 14.4. The lowest BCUT2D eigenvalue weighted by Gasteiger charge is -2.29. The van der Waals surface area contributed by atoms with E-state index in [0.29, 0.717) is 6.04 Å². The molecule has 0 amide bonds. The number of hydrogen-bond donors (Lipinski definition) is 1. The molecule has 1 heterocycles. The summed E-state index contributed by atoms with van der Waals surface area (Å²) in [6.07, 6.45) is 4.41. The first kappa shape index (κ1) is 18.4. The van der Waals surface area contributed by atoms with Gasteiger partial charge in [-0.1, -0.05) is 6.92 Å². The van der Waals surface area contributed by atoms with Gasteiger partial charge in [-0.25, -0.2) is 0 Å². The van der Waals surface area contributed by atoms with Crippen LogP contribution in [0.25, 0.3) is 0 Å². The van der Waals surface area contributed by atoms with E-state index < -0.39 is 5.54 Å². The van der Waals surface area contributed by atoms with Crippen molar-refractivity contribution in [3.8, 4) is 0 Å². The molecule has 2 unspecified atom stereocenters. The van der Waals surface area contributed by atoms with E-state index in [9.17, 15) is 4.79 Å². The summed E-state index contributed by atoms with van der Waals surface area (Å²) in [6.45, 7) is 8.08. The van der Waals surface area contributed by atoms with Crippen molar-refractivity contribution in [2.75, 3.05) is 47.4 Å². The van der Waals surface area contributed by atoms with Gasteiger partial charge in [-0.05, 0) is 66.3 Å². The monoisotopic (exact) mass is 299 g/mol. The van der Waals surface area contributed by atoms with E-state index in [1.807, 2.05) is 13.8 Å². The fourth-order valence-electron chi connectivity index (χ4n) is 3.24. The lowest BCUT2D eigenvalue weighted by atomic mass is 9.95. The van der Waals surface area contributed by atoms with Crippen LogP contribution in [0.5, 0.6) is 0 Å². The van der Waals surface area contributed by atoms with E-state index >= 15 is 0 Å². The van der Waals surface area contributed by atoms with Gasteiger partial charge in [0.2, 0.25) is 0 Å². The molecule has 0 spiro atoms. The third-order valence-corrected chi connectivity index (χ3v) is 4.61. The quantitative estimate of drug-likeness (QED) is 0.651. The number of methoxy groups -OCH3 is 1. The Morgan fingerprint density at radius 1 is 1.52 bits per heavy atom. The van der Waals surface area contributed by atoms with E-state index in [-0.39, 0.29) is 5.97 Å². The molecule has 1 aliphatic rings. The second-order valence-corrected chi connectivity index (χ2v) is 6.50. The number of nitrogens with one attached hydrogen (secondary N) is 1. The Balaban J connectivity index is 2.34. The molecule has 5 heteroatoms. The molecule has 2 atom stereocenters. The number of rotatable bonds is 9. The van der Waals surface area contributed by atoms with E-state index in [4.69, 9.17) is 4.74 Å². The predicted molar refractivity (Wildman–Crippen MR) is 86.5 cm³/mol. The lowest BCUT2D eigenvalue weighted by molar-refractivity contribution is -0.148. The fraction of sp³-hybridized carbons (Fsp3) is 0.938. The Bertz CT molecular complexity index is 325. The molecule has 0 radical (unpaired) electrons. The lowest BCUT2D eigenvalue weighted by Crippen LogP contribution is -2.50. The molecule has 0 saturated carbocycles. The minimum atomic E-state index is -0.561. The van der Waals surface area contributed by atoms with Crippen molar-refractivity contribution < 1.29 is 9.53 Å². The van der Waals surface area contributed by atoms with Crippen molar-refractivity contribution in [2.45, 2.75) is 51.1 Å². The first-order chi connectivity index (χ1) is 9.92. The average Bonchev–Trinajstić information content (AvgIpc) is 2.83. The van der Waals surface area contributed by atoms with Crippen molar-refractivity contribution in [1.29, 1.82) is 0 Å². The molecule has 1 rings (SSSR count). The molecule has 124 valence electrons. The maximum absolute atomic E-state index is 11.9. The van der Waals surface area contributed by atoms with Gasteiger partial charge in [0.1, 0.15) is 5.54 Å². The third kappa shape index (κ3) is 5.57. The molecule has 21 heavy (non-hydrogen) atoms. The van der Waals surface area contributed by atoms with Crippen LogP contribution in [0.2, 0.25) is 0 Å². The number of esters is 1. The van der Waals surface area contributed by atoms with Crippen LogP contribution in [0.1, 0.15) is 39.5 Å². The highest BCUT2D eigenvalue weighted by Crippen LogP contribution is 2.17. The molecule has 5 nitrogen and oxygen atoms in total. The Kier molecular flexibility index (Phi) is 7.63. The van der Waals surface area contributed by atoms with Crippen molar-refractivity contribution in [3.63, 3.8) is 0 Å². The van der Waals surface area contributed by atoms with Gasteiger partial charge in [-0.3, -0.25) is 4.79 Å². The van der Waals surface area contributed by atoms with Gasteiger partial charge in [-0.2, -0.15) is 0 Å². The number of carbonyl (C=O) groups is 1. The molecule has 0 bridgehead atoms. The van der Waals surface area contributed by atoms with E-state index in [1.54, 1.807) is 0 Å². The van der Waals surface area contributed by atoms with Crippen LogP contribution in [0, 0.1) is 0 Å². The molecule has 1 saturated heterocycles. The van der Waals surface area contributed by atoms with E-state index in [0.717, 1.165) is 32.5 Å². The third-order valence-electron chi connectivity index (χ3n) is 4.61. The summed E-state index contributed by atoms with van der Waals surface area (Å²) in [6, 6.07) is 0.691. The zero-order chi connectivity index (χ0) is 15.9. The Morgan fingerprint density at radius 2 is 2.24 bits per heavy atom. The zero-order valence-corrected chi connectivity index (χ0v) is 14.4. The molecule has 0 aromatic rings. The topological polar surface area (TPSA) is 44.8 Å². The van der Waals surface area contributed by atoms with E-state index in [1.165, 1.54) is 26.5 Å². The number of hydrogen-bond acceptors (Lipinski definition) is 5. The summed E-state index contributed by atoms with van der Waals surface area (Å²) in [5.74, 6) is -0.164. The minimum absolute atomic E-state index is 0.164. The summed E-state index contributed by atoms with van der Waals surface area (Å²) in [5, 5.41) is 3.26. The molecule has 1 aliphatic heterocycles. The molecule has 0 aliphatic carbocycles. The van der Waals surface area contributed by atoms with Crippen LogP contribution in [0.15, 0.2) is 0 Å². The van der Waals surface area contributed by atoms with Crippen molar-refractivity contribution in [1.82, 2.24) is 15.1 Å². The maximum atomic E-state index is 11.9. The van der Waals surface area contributed by atoms with Gasteiger partial charge < -0.3 is 19.9 Å². The highest BCUT2D eigenvalue weighted by molar-refractivity contribution is 5.80. The van der Waals surface area contributed by atoms with Crippen LogP contribution in [0.3, 0.4) is 0 Å². The van der Waals surface area contributed by atoms with Crippen LogP contribution < -0.4 is 5.32 Å². The van der Waals surface area contributed by atoms with E-state index in [2.05, 4.69) is 29.2 Å². The van der Waals surface area contributed by atoms with Crippen LogP contribution in [-0.4, -0.2) is 74.7 Å². The fourth-order valence-corrected chi connectivity index (χ4v) is 3.24. The Morgan fingerprint density at radius 3 is 2.76 bits per heavy atom. The number of nitrogens with zero attached hydrogens (tertiary/aromatic N) is 2. The Labute approximate surface area is 130 Å². The summed E-state index contributed by atoms with van der Waals surface area (Å²) in [7, 11) is 5.85. The Hall–Kier alpha value is -0.650. The van der Waals surface area contributed by atoms with Crippen molar-refractivity contribution >= 4 is 5.97 Å². The van der Waals surface area contributed by atoms with Gasteiger partial charge in [0.05, 0.1) is 7.11 Å². The number of likely N-dealkylation sites (N-methyl/N-ethyl adjacent to an activating group) is 3. The molecular formula is C16H33N3O2. The molecule has 0 aromatic heterocycles. The average molecular weight is 299 g/mol. The summed E-state index contributed by atoms with van der Waals surface area (Å²) < 4.78 is 4.93. The highest BCUT2D eigenvalue weighted by atomic mass is 16.5. The summed E-state index contributed by atoms with van der Waals surface area (Å²) in [4.78, 5) is 16.8. The normalized spacial score (nSPS) is 22.5. The largest absolute Gasteiger partial charge is 0.468 e. The van der Waals surface area contributed by atoms with Gasteiger partial charge >= 0.3 is 5.97 Å². The second-order valence-electron chi connectivity index (χ2n) is 6.50.